The Balaban J connectivity index is 1.90. The number of carbonyl (C=O) groups is 1. The monoisotopic (exact) mass is 249 g/mol. The predicted octanol–water partition coefficient (Wildman–Crippen LogP) is 0.955. The first-order chi connectivity index (χ1) is 8.68. The fourth-order valence-corrected chi connectivity index (χ4v) is 2.14. The molecule has 0 aromatic carbocycles. The van der Waals surface area contributed by atoms with E-state index >= 15 is 0 Å². The van der Waals surface area contributed by atoms with Crippen molar-refractivity contribution in [2.75, 3.05) is 33.2 Å². The van der Waals surface area contributed by atoms with Crippen LogP contribution in [0.3, 0.4) is 0 Å². The van der Waals surface area contributed by atoms with Crippen molar-refractivity contribution in [2.45, 2.75) is 12.8 Å². The van der Waals surface area contributed by atoms with Crippen molar-refractivity contribution < 1.29 is 9.90 Å². The van der Waals surface area contributed by atoms with E-state index in [2.05, 4.69) is 9.88 Å². The van der Waals surface area contributed by atoms with Gasteiger partial charge in [-0.3, -0.25) is 4.79 Å². The summed E-state index contributed by atoms with van der Waals surface area (Å²) in [6, 6.07) is 3.09. The summed E-state index contributed by atoms with van der Waals surface area (Å²) in [6.07, 6.45) is 4.01. The van der Waals surface area contributed by atoms with Crippen molar-refractivity contribution in [3.05, 3.63) is 24.0 Å². The lowest BCUT2D eigenvalue weighted by molar-refractivity contribution is 0.0773. The van der Waals surface area contributed by atoms with Crippen molar-refractivity contribution in [3.8, 4) is 5.75 Å². The van der Waals surface area contributed by atoms with Gasteiger partial charge >= 0.3 is 0 Å². The third-order valence-corrected chi connectivity index (χ3v) is 3.29. The Hall–Kier alpha value is -1.62. The normalized spacial score (nSPS) is 15.8. The Labute approximate surface area is 107 Å². The van der Waals surface area contributed by atoms with Crippen LogP contribution in [0, 0.1) is 0 Å². The fraction of sp³-hybridized carbons (Fsp3) is 0.538. The summed E-state index contributed by atoms with van der Waals surface area (Å²) in [6.45, 7) is 3.79. The molecule has 1 fully saturated rings. The van der Waals surface area contributed by atoms with E-state index < -0.39 is 0 Å². The highest BCUT2D eigenvalue weighted by Crippen LogP contribution is 2.14. The first-order valence-corrected chi connectivity index (χ1v) is 6.30. The second-order valence-electron chi connectivity index (χ2n) is 4.65. The third kappa shape index (κ3) is 2.98. The molecule has 1 saturated heterocycles. The maximum atomic E-state index is 12.1. The minimum Gasteiger partial charge on any atom is -0.505 e. The van der Waals surface area contributed by atoms with Crippen LogP contribution in [0.1, 0.15) is 23.3 Å². The van der Waals surface area contributed by atoms with Gasteiger partial charge in [-0.2, -0.15) is 0 Å². The minimum absolute atomic E-state index is 0.0597. The van der Waals surface area contributed by atoms with Gasteiger partial charge in [0.15, 0.2) is 5.69 Å². The Kier molecular flexibility index (Phi) is 4.15. The molecular formula is C13H19N3O2. The molecule has 0 atom stereocenters. The predicted molar refractivity (Wildman–Crippen MR) is 68.5 cm³/mol. The van der Waals surface area contributed by atoms with Crippen LogP contribution in [-0.2, 0) is 0 Å². The molecule has 2 rings (SSSR count). The van der Waals surface area contributed by atoms with Gasteiger partial charge < -0.3 is 14.9 Å². The second-order valence-corrected chi connectivity index (χ2v) is 4.65. The smallest absolute Gasteiger partial charge is 0.276 e. The van der Waals surface area contributed by atoms with Crippen molar-refractivity contribution in [1.82, 2.24) is 14.8 Å². The number of likely N-dealkylation sites (tertiary alicyclic amines) is 1. The summed E-state index contributed by atoms with van der Waals surface area (Å²) >= 11 is 0. The van der Waals surface area contributed by atoms with Crippen LogP contribution in [0.15, 0.2) is 18.3 Å². The second kappa shape index (κ2) is 5.82. The van der Waals surface area contributed by atoms with Crippen LogP contribution in [0.5, 0.6) is 5.75 Å². The van der Waals surface area contributed by atoms with E-state index in [-0.39, 0.29) is 17.4 Å². The number of likely N-dealkylation sites (N-methyl/N-ethyl adjacent to an activating group) is 1. The van der Waals surface area contributed by atoms with E-state index in [0.29, 0.717) is 6.54 Å². The summed E-state index contributed by atoms with van der Waals surface area (Å²) in [7, 11) is 1.74. The number of amides is 1. The molecule has 1 amide bonds. The number of aromatic hydroxyl groups is 1. The summed E-state index contributed by atoms with van der Waals surface area (Å²) in [4.78, 5) is 19.9. The lowest BCUT2D eigenvalue weighted by Gasteiger charge is -2.21. The van der Waals surface area contributed by atoms with Gasteiger partial charge in [0.25, 0.3) is 5.91 Å². The van der Waals surface area contributed by atoms with Crippen LogP contribution < -0.4 is 0 Å². The maximum Gasteiger partial charge on any atom is 0.276 e. The average Bonchev–Trinajstić information content (AvgIpc) is 2.89. The third-order valence-electron chi connectivity index (χ3n) is 3.29. The Morgan fingerprint density at radius 2 is 2.22 bits per heavy atom. The summed E-state index contributed by atoms with van der Waals surface area (Å²) in [5.74, 6) is -0.289. The molecule has 1 aromatic rings. The lowest BCUT2D eigenvalue weighted by Crippen LogP contribution is -2.35. The molecule has 0 unspecified atom stereocenters. The molecule has 0 aliphatic carbocycles. The molecule has 0 radical (unpaired) electrons. The summed E-state index contributed by atoms with van der Waals surface area (Å²) in [5.41, 5.74) is 0.126. The molecule has 2 heterocycles. The van der Waals surface area contributed by atoms with Crippen molar-refractivity contribution in [3.63, 3.8) is 0 Å². The van der Waals surface area contributed by atoms with E-state index in [1.54, 1.807) is 18.0 Å². The highest BCUT2D eigenvalue weighted by Gasteiger charge is 2.18. The Bertz CT molecular complexity index is 416. The highest BCUT2D eigenvalue weighted by atomic mass is 16.3. The van der Waals surface area contributed by atoms with Crippen LogP contribution >= 0.6 is 0 Å². The quantitative estimate of drug-likeness (QED) is 0.863. The fourth-order valence-electron chi connectivity index (χ4n) is 2.14. The van der Waals surface area contributed by atoms with Crippen molar-refractivity contribution in [1.29, 1.82) is 0 Å². The van der Waals surface area contributed by atoms with Gasteiger partial charge in [-0.15, -0.1) is 0 Å². The molecule has 0 bridgehead atoms. The molecule has 5 nitrogen and oxygen atoms in total. The highest BCUT2D eigenvalue weighted by molar-refractivity contribution is 5.94. The molecule has 1 N–H and O–H groups in total. The molecule has 1 aromatic heterocycles. The zero-order chi connectivity index (χ0) is 13.0. The molecule has 1 aliphatic rings. The zero-order valence-electron chi connectivity index (χ0n) is 10.7. The number of hydrogen-bond donors (Lipinski definition) is 1. The standard InChI is InChI=1S/C13H19N3O2/c1-15(9-10-16-7-2-3-8-16)13(18)12-11(17)5-4-6-14-12/h4-6,17H,2-3,7-10H2,1H3. The molecule has 1 aliphatic heterocycles. The van der Waals surface area contributed by atoms with E-state index in [4.69, 9.17) is 0 Å². The van der Waals surface area contributed by atoms with E-state index in [1.165, 1.54) is 25.1 Å². The van der Waals surface area contributed by atoms with Crippen LogP contribution in [0.2, 0.25) is 0 Å². The number of pyridine rings is 1. The molecule has 18 heavy (non-hydrogen) atoms. The molecule has 5 heteroatoms. The molecule has 98 valence electrons. The number of hydrogen-bond acceptors (Lipinski definition) is 4. The first-order valence-electron chi connectivity index (χ1n) is 6.30. The number of aromatic nitrogens is 1. The number of rotatable bonds is 4. The van der Waals surface area contributed by atoms with E-state index in [0.717, 1.165) is 19.6 Å². The van der Waals surface area contributed by atoms with Gasteiger partial charge in [-0.1, -0.05) is 0 Å². The Morgan fingerprint density at radius 1 is 1.50 bits per heavy atom. The van der Waals surface area contributed by atoms with E-state index in [9.17, 15) is 9.90 Å². The topological polar surface area (TPSA) is 56.7 Å². The minimum atomic E-state index is -0.229. The Morgan fingerprint density at radius 3 is 2.89 bits per heavy atom. The van der Waals surface area contributed by atoms with Gasteiger partial charge in [0.2, 0.25) is 0 Å². The SMILES string of the molecule is CN(CCN1CCCC1)C(=O)c1ncccc1O. The van der Waals surface area contributed by atoms with E-state index in [1.807, 2.05) is 0 Å². The van der Waals surface area contributed by atoms with Gasteiger partial charge in [-0.25, -0.2) is 4.98 Å². The average molecular weight is 249 g/mol. The molecule has 0 saturated carbocycles. The van der Waals surface area contributed by atoms with Gasteiger partial charge in [0.1, 0.15) is 5.75 Å². The van der Waals surface area contributed by atoms with Crippen LogP contribution in [0.4, 0.5) is 0 Å². The van der Waals surface area contributed by atoms with Crippen LogP contribution in [0.25, 0.3) is 0 Å². The summed E-state index contributed by atoms with van der Waals surface area (Å²) < 4.78 is 0. The molecular weight excluding hydrogens is 230 g/mol. The maximum absolute atomic E-state index is 12.1. The zero-order valence-corrected chi connectivity index (χ0v) is 10.7. The first kappa shape index (κ1) is 12.8. The number of nitrogens with zero attached hydrogens (tertiary/aromatic N) is 3. The lowest BCUT2D eigenvalue weighted by atomic mass is 10.3. The van der Waals surface area contributed by atoms with Gasteiger partial charge in [-0.05, 0) is 38.1 Å². The number of carbonyl (C=O) groups excluding carboxylic acids is 1. The van der Waals surface area contributed by atoms with Gasteiger partial charge in [0, 0.05) is 26.3 Å². The molecule has 0 spiro atoms. The van der Waals surface area contributed by atoms with Gasteiger partial charge in [0.05, 0.1) is 0 Å². The van der Waals surface area contributed by atoms with Crippen molar-refractivity contribution in [2.24, 2.45) is 0 Å². The largest absolute Gasteiger partial charge is 0.505 e. The summed E-state index contributed by atoms with van der Waals surface area (Å²) in [5, 5.41) is 9.59. The van der Waals surface area contributed by atoms with Crippen molar-refractivity contribution >= 4 is 5.91 Å². The van der Waals surface area contributed by atoms with Crippen LogP contribution in [-0.4, -0.2) is 59.0 Å².